The van der Waals surface area contributed by atoms with E-state index in [2.05, 4.69) is 26.2 Å². The molecule has 3 nitrogen and oxygen atoms in total. The van der Waals surface area contributed by atoms with Crippen molar-refractivity contribution in [2.45, 2.75) is 6.42 Å². The van der Waals surface area contributed by atoms with Gasteiger partial charge in [0.1, 0.15) is 5.82 Å². The average Bonchev–Trinajstić information content (AvgIpc) is 2.97. The van der Waals surface area contributed by atoms with Crippen molar-refractivity contribution in [3.8, 4) is 0 Å². The van der Waals surface area contributed by atoms with Crippen molar-refractivity contribution in [1.29, 1.82) is 0 Å². The number of benzene rings is 2. The Morgan fingerprint density at radius 3 is 2.52 bits per heavy atom. The first-order valence-corrected chi connectivity index (χ1v) is 8.47. The lowest BCUT2D eigenvalue weighted by molar-refractivity contribution is 0.102. The van der Waals surface area contributed by atoms with E-state index in [1.165, 1.54) is 41.2 Å². The number of aromatic nitrogens is 1. The predicted octanol–water partition coefficient (Wildman–Crippen LogP) is 4.89. The van der Waals surface area contributed by atoms with Crippen LogP contribution in [0.1, 0.15) is 20.8 Å². The van der Waals surface area contributed by atoms with Crippen LogP contribution < -0.4 is 5.32 Å². The molecular weight excluding hydrogens is 379 g/mol. The largest absolute Gasteiger partial charge is 0.298 e. The van der Waals surface area contributed by atoms with Crippen molar-refractivity contribution in [2.24, 2.45) is 0 Å². The van der Waals surface area contributed by atoms with Crippen molar-refractivity contribution >= 4 is 38.3 Å². The zero-order valence-electron chi connectivity index (χ0n) is 11.9. The molecule has 0 fully saturated rings. The second-order valence-corrected chi connectivity index (χ2v) is 6.93. The predicted molar refractivity (Wildman–Crippen MR) is 93.4 cm³/mol. The highest BCUT2D eigenvalue weighted by molar-refractivity contribution is 9.10. The summed E-state index contributed by atoms with van der Waals surface area (Å²) in [6.45, 7) is 0. The third kappa shape index (κ3) is 4.24. The fraction of sp³-hybridized carbons (Fsp3) is 0.0588. The van der Waals surface area contributed by atoms with Gasteiger partial charge in [-0.3, -0.25) is 10.1 Å². The molecule has 0 aliphatic heterocycles. The highest BCUT2D eigenvalue weighted by atomic mass is 79.9. The van der Waals surface area contributed by atoms with Crippen molar-refractivity contribution in [1.82, 2.24) is 4.98 Å². The number of nitrogens with zero attached hydrogens (tertiary/aromatic N) is 1. The standard InChI is InChI=1S/C17H12BrFN2OS/c18-13-5-1-11(2-6-13)9-15-10-20-17(23-15)21-16(22)12-3-7-14(19)8-4-12/h1-8,10H,9H2,(H,20,21,22). The van der Waals surface area contributed by atoms with Gasteiger partial charge in [0.25, 0.3) is 5.91 Å². The van der Waals surface area contributed by atoms with E-state index in [0.29, 0.717) is 10.7 Å². The van der Waals surface area contributed by atoms with Gasteiger partial charge in [0.15, 0.2) is 5.13 Å². The number of nitrogens with one attached hydrogen (secondary N) is 1. The van der Waals surface area contributed by atoms with Gasteiger partial charge in [0, 0.05) is 27.5 Å². The van der Waals surface area contributed by atoms with Gasteiger partial charge >= 0.3 is 0 Å². The second kappa shape index (κ2) is 7.02. The number of amides is 1. The number of hydrogen-bond acceptors (Lipinski definition) is 3. The molecule has 0 radical (unpaired) electrons. The Bertz CT molecular complexity index is 815. The zero-order valence-corrected chi connectivity index (χ0v) is 14.3. The molecule has 1 heterocycles. The number of anilines is 1. The molecule has 1 aromatic heterocycles. The lowest BCUT2D eigenvalue weighted by Gasteiger charge is -2.01. The van der Waals surface area contributed by atoms with Gasteiger partial charge in [-0.1, -0.05) is 28.1 Å². The maximum atomic E-state index is 12.9. The molecule has 3 rings (SSSR count). The van der Waals surface area contributed by atoms with Gasteiger partial charge in [0.05, 0.1) is 0 Å². The molecule has 6 heteroatoms. The number of rotatable bonds is 4. The van der Waals surface area contributed by atoms with E-state index in [1.54, 1.807) is 6.20 Å². The third-order valence-electron chi connectivity index (χ3n) is 3.17. The summed E-state index contributed by atoms with van der Waals surface area (Å²) >= 11 is 4.84. The van der Waals surface area contributed by atoms with E-state index in [-0.39, 0.29) is 11.7 Å². The third-order valence-corrected chi connectivity index (χ3v) is 4.61. The summed E-state index contributed by atoms with van der Waals surface area (Å²) in [5.41, 5.74) is 1.57. The highest BCUT2D eigenvalue weighted by Gasteiger charge is 2.09. The van der Waals surface area contributed by atoms with Crippen LogP contribution in [0.25, 0.3) is 0 Å². The molecule has 2 aromatic carbocycles. The van der Waals surface area contributed by atoms with Crippen molar-refractivity contribution in [2.75, 3.05) is 5.32 Å². The molecule has 1 N–H and O–H groups in total. The molecule has 0 spiro atoms. The van der Waals surface area contributed by atoms with Crippen molar-refractivity contribution in [3.63, 3.8) is 0 Å². The lowest BCUT2D eigenvalue weighted by Crippen LogP contribution is -2.11. The van der Waals surface area contributed by atoms with Crippen molar-refractivity contribution < 1.29 is 9.18 Å². The van der Waals surface area contributed by atoms with Gasteiger partial charge in [-0.05, 0) is 42.0 Å². The summed E-state index contributed by atoms with van der Waals surface area (Å²) in [6.07, 6.45) is 2.52. The number of carbonyl (C=O) groups excluding carboxylic acids is 1. The number of halogens is 2. The Labute approximate surface area is 145 Å². The summed E-state index contributed by atoms with van der Waals surface area (Å²) in [7, 11) is 0. The Morgan fingerprint density at radius 1 is 1.13 bits per heavy atom. The summed E-state index contributed by atoms with van der Waals surface area (Å²) in [5.74, 6) is -0.665. The van der Waals surface area contributed by atoms with Crippen molar-refractivity contribution in [3.05, 3.63) is 81.0 Å². The Kier molecular flexibility index (Phi) is 4.83. The second-order valence-electron chi connectivity index (χ2n) is 4.90. The fourth-order valence-corrected chi connectivity index (χ4v) is 3.13. The minimum atomic E-state index is -0.368. The van der Waals surface area contributed by atoms with E-state index in [1.807, 2.05) is 24.3 Å². The molecule has 116 valence electrons. The van der Waals surface area contributed by atoms with Crippen LogP contribution in [0.5, 0.6) is 0 Å². The molecule has 0 aliphatic rings. The Balaban J connectivity index is 1.66. The van der Waals surface area contributed by atoms with Gasteiger partial charge in [-0.15, -0.1) is 11.3 Å². The first kappa shape index (κ1) is 15.8. The van der Waals surface area contributed by atoms with Crippen LogP contribution in [-0.2, 0) is 6.42 Å². The van der Waals surface area contributed by atoms with Crippen LogP contribution >= 0.6 is 27.3 Å². The van der Waals surface area contributed by atoms with Gasteiger partial charge in [0.2, 0.25) is 0 Å². The summed E-state index contributed by atoms with van der Waals surface area (Å²) in [6, 6.07) is 13.5. The van der Waals surface area contributed by atoms with E-state index in [9.17, 15) is 9.18 Å². The smallest absolute Gasteiger partial charge is 0.257 e. The van der Waals surface area contributed by atoms with Crippen LogP contribution in [0, 0.1) is 5.82 Å². The minimum Gasteiger partial charge on any atom is -0.298 e. The lowest BCUT2D eigenvalue weighted by atomic mass is 10.1. The van der Waals surface area contributed by atoms with E-state index in [4.69, 9.17) is 0 Å². The molecule has 23 heavy (non-hydrogen) atoms. The maximum Gasteiger partial charge on any atom is 0.257 e. The SMILES string of the molecule is O=C(Nc1ncc(Cc2ccc(Br)cc2)s1)c1ccc(F)cc1. The van der Waals surface area contributed by atoms with Crippen LogP contribution in [0.3, 0.4) is 0 Å². The fourth-order valence-electron chi connectivity index (χ4n) is 2.02. The van der Waals surface area contributed by atoms with Crippen LogP contribution in [-0.4, -0.2) is 10.9 Å². The van der Waals surface area contributed by atoms with E-state index in [0.717, 1.165) is 15.8 Å². The summed E-state index contributed by atoms with van der Waals surface area (Å²) in [4.78, 5) is 17.3. The molecule has 1 amide bonds. The molecule has 0 bridgehead atoms. The average molecular weight is 391 g/mol. The molecule has 0 aliphatic carbocycles. The molecular formula is C17H12BrFN2OS. The topological polar surface area (TPSA) is 42.0 Å². The monoisotopic (exact) mass is 390 g/mol. The normalized spacial score (nSPS) is 10.5. The number of thiazole rings is 1. The highest BCUT2D eigenvalue weighted by Crippen LogP contribution is 2.22. The maximum absolute atomic E-state index is 12.9. The van der Waals surface area contributed by atoms with Crippen LogP contribution in [0.2, 0.25) is 0 Å². The number of hydrogen-bond donors (Lipinski definition) is 1. The first-order valence-electron chi connectivity index (χ1n) is 6.86. The minimum absolute atomic E-state index is 0.297. The molecule has 0 saturated heterocycles. The Hall–Kier alpha value is -2.05. The summed E-state index contributed by atoms with van der Waals surface area (Å²) < 4.78 is 13.9. The van der Waals surface area contributed by atoms with Crippen LogP contribution in [0.15, 0.2) is 59.2 Å². The number of carbonyl (C=O) groups is 1. The van der Waals surface area contributed by atoms with Gasteiger partial charge in [-0.2, -0.15) is 0 Å². The first-order chi connectivity index (χ1) is 11.1. The molecule has 3 aromatic rings. The van der Waals surface area contributed by atoms with E-state index >= 15 is 0 Å². The quantitative estimate of drug-likeness (QED) is 0.688. The van der Waals surface area contributed by atoms with E-state index < -0.39 is 0 Å². The molecule has 0 saturated carbocycles. The van der Waals surface area contributed by atoms with Gasteiger partial charge < -0.3 is 0 Å². The zero-order chi connectivity index (χ0) is 16.2. The molecule has 0 unspecified atom stereocenters. The van der Waals surface area contributed by atoms with Gasteiger partial charge in [-0.25, -0.2) is 9.37 Å². The summed E-state index contributed by atoms with van der Waals surface area (Å²) in [5, 5.41) is 3.27. The molecule has 0 atom stereocenters. The van der Waals surface area contributed by atoms with Crippen LogP contribution in [0.4, 0.5) is 9.52 Å². The Morgan fingerprint density at radius 2 is 1.83 bits per heavy atom.